The molecule has 2 atom stereocenters. The molecule has 5 nitrogen and oxygen atoms in total. The van der Waals surface area contributed by atoms with Gasteiger partial charge in [-0.15, -0.1) is 24.0 Å². The number of amides is 1. The Bertz CT molecular complexity index is 626. The molecule has 27 heavy (non-hydrogen) atoms. The summed E-state index contributed by atoms with van der Waals surface area (Å²) in [7, 11) is 0. The number of nitrogens with one attached hydrogen (secondary N) is 2. The lowest BCUT2D eigenvalue weighted by molar-refractivity contribution is -0.135. The number of carbonyl (C=O) groups excluding carboxylic acids is 1. The van der Waals surface area contributed by atoms with Gasteiger partial charge in [-0.2, -0.15) is 0 Å². The van der Waals surface area contributed by atoms with Gasteiger partial charge < -0.3 is 15.5 Å². The fraction of sp³-hybridized carbons (Fsp3) is 0.619. The molecule has 2 unspecified atom stereocenters. The van der Waals surface area contributed by atoms with Gasteiger partial charge in [0, 0.05) is 43.6 Å². The van der Waals surface area contributed by atoms with Gasteiger partial charge in [-0.3, -0.25) is 9.79 Å². The van der Waals surface area contributed by atoms with E-state index < -0.39 is 0 Å². The fourth-order valence-electron chi connectivity index (χ4n) is 3.69. The first kappa shape index (κ1) is 22.0. The van der Waals surface area contributed by atoms with Crippen LogP contribution in [0.3, 0.4) is 0 Å². The summed E-state index contributed by atoms with van der Waals surface area (Å²) < 4.78 is 0. The molecule has 1 saturated carbocycles. The van der Waals surface area contributed by atoms with Gasteiger partial charge in [0.05, 0.1) is 0 Å². The second-order valence-electron chi connectivity index (χ2n) is 7.73. The zero-order chi connectivity index (χ0) is 18.5. The Morgan fingerprint density at radius 3 is 2.44 bits per heavy atom. The second-order valence-corrected chi connectivity index (χ2v) is 7.73. The number of piperidine rings is 1. The molecule has 2 aliphatic rings. The highest BCUT2D eigenvalue weighted by molar-refractivity contribution is 14.0. The smallest absolute Gasteiger partial charge is 0.225 e. The Balaban J connectivity index is 0.00000261. The van der Waals surface area contributed by atoms with Crippen molar-refractivity contribution in [2.45, 2.75) is 58.0 Å². The van der Waals surface area contributed by atoms with Crippen LogP contribution in [0, 0.1) is 5.92 Å². The van der Waals surface area contributed by atoms with E-state index >= 15 is 0 Å². The zero-order valence-electron chi connectivity index (χ0n) is 16.6. The number of guanidine groups is 1. The molecule has 1 aliphatic carbocycles. The molecule has 6 heteroatoms. The fourth-order valence-corrected chi connectivity index (χ4v) is 3.69. The number of hydrogen-bond acceptors (Lipinski definition) is 2. The highest BCUT2D eigenvalue weighted by Crippen LogP contribution is 2.40. The Hall–Kier alpha value is -1.31. The average molecular weight is 484 g/mol. The summed E-state index contributed by atoms with van der Waals surface area (Å²) in [6, 6.07) is 11.6. The molecule has 0 bridgehead atoms. The van der Waals surface area contributed by atoms with Crippen LogP contribution in [0.5, 0.6) is 0 Å². The molecule has 1 aromatic carbocycles. The number of halogens is 1. The third-order valence-electron chi connectivity index (χ3n) is 5.30. The predicted octanol–water partition coefficient (Wildman–Crippen LogP) is 3.36. The van der Waals surface area contributed by atoms with E-state index in [1.807, 2.05) is 18.7 Å². The summed E-state index contributed by atoms with van der Waals surface area (Å²) in [5, 5.41) is 7.19. The van der Waals surface area contributed by atoms with E-state index in [-0.39, 0.29) is 35.8 Å². The molecule has 1 amide bonds. The third-order valence-corrected chi connectivity index (χ3v) is 5.30. The molecule has 1 aliphatic heterocycles. The van der Waals surface area contributed by atoms with Crippen molar-refractivity contribution in [2.75, 3.05) is 19.6 Å². The van der Waals surface area contributed by atoms with E-state index in [9.17, 15) is 4.79 Å². The lowest BCUT2D eigenvalue weighted by atomic mass is 10.0. The zero-order valence-corrected chi connectivity index (χ0v) is 19.0. The Labute approximate surface area is 180 Å². The van der Waals surface area contributed by atoms with Crippen LogP contribution < -0.4 is 10.6 Å². The van der Waals surface area contributed by atoms with Crippen LogP contribution in [0.4, 0.5) is 0 Å². The molecule has 3 rings (SSSR count). The minimum absolute atomic E-state index is 0. The SMILES string of the molecule is CCN=C(NC1CCN(C(=O)C(C)C)CC1)NC1CC1c1ccccc1.I. The lowest BCUT2D eigenvalue weighted by Crippen LogP contribution is -2.50. The van der Waals surface area contributed by atoms with Crippen molar-refractivity contribution >= 4 is 35.8 Å². The maximum absolute atomic E-state index is 12.1. The maximum Gasteiger partial charge on any atom is 0.225 e. The number of rotatable bonds is 5. The normalized spacial score (nSPS) is 23.0. The molecular formula is C21H33IN4O. The molecule has 1 heterocycles. The molecular weight excluding hydrogens is 451 g/mol. The van der Waals surface area contributed by atoms with Gasteiger partial charge in [0.1, 0.15) is 0 Å². The summed E-state index contributed by atoms with van der Waals surface area (Å²) >= 11 is 0. The van der Waals surface area contributed by atoms with E-state index in [1.165, 1.54) is 5.56 Å². The molecule has 0 spiro atoms. The van der Waals surface area contributed by atoms with Crippen LogP contribution in [-0.2, 0) is 4.79 Å². The molecule has 1 aromatic rings. The van der Waals surface area contributed by atoms with E-state index in [0.717, 1.165) is 44.9 Å². The van der Waals surface area contributed by atoms with Gasteiger partial charge in [0.2, 0.25) is 5.91 Å². The van der Waals surface area contributed by atoms with Crippen molar-refractivity contribution in [2.24, 2.45) is 10.9 Å². The van der Waals surface area contributed by atoms with Crippen LogP contribution in [0.2, 0.25) is 0 Å². The number of carbonyl (C=O) groups is 1. The summed E-state index contributed by atoms with van der Waals surface area (Å²) in [5.41, 5.74) is 1.40. The van der Waals surface area contributed by atoms with Gasteiger partial charge in [-0.05, 0) is 31.7 Å². The average Bonchev–Trinajstić information content (AvgIpc) is 3.42. The topological polar surface area (TPSA) is 56.7 Å². The molecule has 2 N–H and O–H groups in total. The van der Waals surface area contributed by atoms with Crippen LogP contribution in [0.15, 0.2) is 35.3 Å². The minimum atomic E-state index is 0. The van der Waals surface area contributed by atoms with Crippen molar-refractivity contribution in [1.29, 1.82) is 0 Å². The number of benzene rings is 1. The standard InChI is InChI=1S/C21H32N4O.HI/c1-4-22-21(24-19-14-18(19)16-8-6-5-7-9-16)23-17-10-12-25(13-11-17)20(26)15(2)3;/h5-9,15,17-19H,4,10-14H2,1-3H3,(H2,22,23,24);1H. The van der Waals surface area contributed by atoms with Gasteiger partial charge in [0.25, 0.3) is 0 Å². The second kappa shape index (κ2) is 10.3. The lowest BCUT2D eigenvalue weighted by Gasteiger charge is -2.34. The van der Waals surface area contributed by atoms with Crippen molar-refractivity contribution in [3.63, 3.8) is 0 Å². The first-order valence-electron chi connectivity index (χ1n) is 9.99. The molecule has 2 fully saturated rings. The highest BCUT2D eigenvalue weighted by atomic mass is 127. The van der Waals surface area contributed by atoms with Crippen LogP contribution in [0.25, 0.3) is 0 Å². The Kier molecular flexibility index (Phi) is 8.38. The monoisotopic (exact) mass is 484 g/mol. The summed E-state index contributed by atoms with van der Waals surface area (Å²) in [6.07, 6.45) is 3.13. The van der Waals surface area contributed by atoms with Crippen LogP contribution in [-0.4, -0.2) is 48.5 Å². The number of nitrogens with zero attached hydrogens (tertiary/aromatic N) is 2. The molecule has 0 radical (unpaired) electrons. The molecule has 1 saturated heterocycles. The quantitative estimate of drug-likeness (QED) is 0.383. The first-order chi connectivity index (χ1) is 12.6. The molecule has 150 valence electrons. The van der Waals surface area contributed by atoms with Gasteiger partial charge in [-0.25, -0.2) is 0 Å². The predicted molar refractivity (Wildman–Crippen MR) is 122 cm³/mol. The van der Waals surface area contributed by atoms with Crippen molar-refractivity contribution in [3.8, 4) is 0 Å². The van der Waals surface area contributed by atoms with Crippen LogP contribution in [0.1, 0.15) is 51.5 Å². The summed E-state index contributed by atoms with van der Waals surface area (Å²) in [4.78, 5) is 18.7. The van der Waals surface area contributed by atoms with E-state index in [2.05, 4.69) is 52.9 Å². The highest BCUT2D eigenvalue weighted by Gasteiger charge is 2.39. The minimum Gasteiger partial charge on any atom is -0.354 e. The largest absolute Gasteiger partial charge is 0.354 e. The van der Waals surface area contributed by atoms with E-state index in [4.69, 9.17) is 0 Å². The van der Waals surface area contributed by atoms with Crippen LogP contribution >= 0.6 is 24.0 Å². The summed E-state index contributed by atoms with van der Waals surface area (Å²) in [6.45, 7) is 8.45. The van der Waals surface area contributed by atoms with Crippen molar-refractivity contribution in [3.05, 3.63) is 35.9 Å². The number of hydrogen-bond donors (Lipinski definition) is 2. The number of likely N-dealkylation sites (tertiary alicyclic amines) is 1. The maximum atomic E-state index is 12.1. The number of aliphatic imine (C=N–C) groups is 1. The summed E-state index contributed by atoms with van der Waals surface area (Å²) in [5.74, 6) is 1.87. The van der Waals surface area contributed by atoms with Gasteiger partial charge >= 0.3 is 0 Å². The Morgan fingerprint density at radius 1 is 1.19 bits per heavy atom. The molecule has 0 aromatic heterocycles. The van der Waals surface area contributed by atoms with Gasteiger partial charge in [0.15, 0.2) is 5.96 Å². The van der Waals surface area contributed by atoms with Gasteiger partial charge in [-0.1, -0.05) is 44.2 Å². The third kappa shape index (κ3) is 6.09. The van der Waals surface area contributed by atoms with Crippen molar-refractivity contribution in [1.82, 2.24) is 15.5 Å². The Morgan fingerprint density at radius 2 is 1.85 bits per heavy atom. The van der Waals surface area contributed by atoms with E-state index in [1.54, 1.807) is 0 Å². The van der Waals surface area contributed by atoms with E-state index in [0.29, 0.717) is 18.0 Å². The van der Waals surface area contributed by atoms with Crippen molar-refractivity contribution < 1.29 is 4.79 Å². The first-order valence-corrected chi connectivity index (χ1v) is 9.99.